The monoisotopic (exact) mass is 318 g/mol. The summed E-state index contributed by atoms with van der Waals surface area (Å²) in [6, 6.07) is 0. The third kappa shape index (κ3) is 31.5. The minimum absolute atomic E-state index is 1.36. The highest BCUT2D eigenvalue weighted by Crippen LogP contribution is 2.07. The largest absolute Gasteiger partial charge is 0.356 e. The van der Waals surface area contributed by atoms with E-state index >= 15 is 0 Å². The van der Waals surface area contributed by atoms with E-state index in [0.717, 1.165) is 0 Å². The number of rotatable bonds is 15. The van der Waals surface area contributed by atoms with Crippen LogP contribution < -0.4 is 5.32 Å². The Morgan fingerprint density at radius 1 is 0.636 bits per heavy atom. The molecule has 0 saturated carbocycles. The molecule has 0 bridgehead atoms. The van der Waals surface area contributed by atoms with E-state index in [0.29, 0.717) is 0 Å². The van der Waals surface area contributed by atoms with Crippen LogP contribution in [0.15, 0.2) is 0 Å². The van der Waals surface area contributed by atoms with Crippen LogP contribution in [0, 0.1) is 15.3 Å². The van der Waals surface area contributed by atoms with Crippen LogP contribution in [0.4, 0.5) is 0 Å². The summed E-state index contributed by atoms with van der Waals surface area (Å²) in [5.41, 5.74) is 0. The highest BCUT2D eigenvalue weighted by Gasteiger charge is 1.94. The van der Waals surface area contributed by atoms with Crippen LogP contribution in [0.3, 0.4) is 0 Å². The summed E-state index contributed by atoms with van der Waals surface area (Å²) in [5, 5.41) is 17.3. The van der Waals surface area contributed by atoms with E-state index in [1.807, 2.05) is 0 Å². The van der Waals surface area contributed by atoms with Gasteiger partial charge in [-0.05, 0) is 25.7 Å². The Labute approximate surface area is 137 Å². The van der Waals surface area contributed by atoms with Crippen molar-refractivity contribution in [2.45, 2.75) is 97.3 Å². The number of nitrogens with two attached hydrogens (primary N) is 1. The highest BCUT2D eigenvalue weighted by molar-refractivity contribution is 4.45. The fraction of sp³-hybridized carbons (Fsp3) is 1.00. The summed E-state index contributed by atoms with van der Waals surface area (Å²) in [7, 11) is 0. The molecule has 0 aliphatic carbocycles. The summed E-state index contributed by atoms with van der Waals surface area (Å²) in [6.45, 7) is 7.30. The van der Waals surface area contributed by atoms with Gasteiger partial charge >= 0.3 is 0 Å². The van der Waals surface area contributed by atoms with Crippen molar-refractivity contribution < 1.29 is 10.4 Å². The van der Waals surface area contributed by atoms with E-state index in [1.165, 1.54) is 96.6 Å². The number of unbranched alkanes of at least 4 members (excludes halogenated alkanes) is 11. The highest BCUT2D eigenvalue weighted by atomic mass is 16.9. The van der Waals surface area contributed by atoms with Crippen molar-refractivity contribution in [2.24, 2.45) is 0 Å². The second-order valence-electron chi connectivity index (χ2n) is 5.98. The average molecular weight is 319 g/mol. The van der Waals surface area contributed by atoms with Gasteiger partial charge in [0.15, 0.2) is 0 Å². The second-order valence-corrected chi connectivity index (χ2v) is 5.98. The Morgan fingerprint density at radius 3 is 1.23 bits per heavy atom. The van der Waals surface area contributed by atoms with Gasteiger partial charge in [0.1, 0.15) is 0 Å². The van der Waals surface area contributed by atoms with Crippen molar-refractivity contribution in [1.29, 1.82) is 0 Å². The van der Waals surface area contributed by atoms with Crippen molar-refractivity contribution in [3.63, 3.8) is 0 Å². The molecule has 0 aromatic rings. The molecule has 0 aliphatic heterocycles. The molecule has 134 valence electrons. The summed E-state index contributed by atoms with van der Waals surface area (Å²) < 4.78 is 0. The maximum absolute atomic E-state index is 8.25. The first-order valence-electron chi connectivity index (χ1n) is 9.28. The van der Waals surface area contributed by atoms with Crippen LogP contribution >= 0.6 is 0 Å². The molecule has 0 aromatic heterocycles. The first-order valence-corrected chi connectivity index (χ1v) is 9.28. The molecule has 0 heterocycles. The van der Waals surface area contributed by atoms with Gasteiger partial charge in [-0.3, -0.25) is 0 Å². The smallest absolute Gasteiger partial charge is 0.0755 e. The molecule has 5 heteroatoms. The molecule has 5 nitrogen and oxygen atoms in total. The van der Waals surface area contributed by atoms with Gasteiger partial charge in [0.2, 0.25) is 0 Å². The Morgan fingerprint density at radius 2 is 0.909 bits per heavy atom. The summed E-state index contributed by atoms with van der Waals surface area (Å²) in [5.74, 6) is 0. The lowest BCUT2D eigenvalue weighted by Gasteiger charge is -2.03. The minimum atomic E-state index is -1.75. The fourth-order valence-corrected chi connectivity index (χ4v) is 2.46. The third-order valence-electron chi connectivity index (χ3n) is 3.77. The first-order chi connectivity index (χ1) is 10.6. The third-order valence-corrected chi connectivity index (χ3v) is 3.77. The van der Waals surface area contributed by atoms with Gasteiger partial charge in [-0.1, -0.05) is 71.6 Å². The van der Waals surface area contributed by atoms with Crippen molar-refractivity contribution in [1.82, 2.24) is 0 Å². The maximum atomic E-state index is 8.25. The van der Waals surface area contributed by atoms with Crippen LogP contribution in [0.5, 0.6) is 0 Å². The fourth-order valence-electron chi connectivity index (χ4n) is 2.46. The molecular weight excluding hydrogens is 280 g/mol. The van der Waals surface area contributed by atoms with Crippen LogP contribution in [0.1, 0.15) is 97.3 Å². The van der Waals surface area contributed by atoms with Gasteiger partial charge < -0.3 is 20.6 Å². The topological polar surface area (TPSA) is 82.8 Å². The molecule has 0 unspecified atom stereocenters. The van der Waals surface area contributed by atoms with E-state index in [2.05, 4.69) is 19.2 Å². The van der Waals surface area contributed by atoms with Gasteiger partial charge in [0.25, 0.3) is 0 Å². The molecular formula is C17H38N2O3. The van der Waals surface area contributed by atoms with E-state index in [1.54, 1.807) is 0 Å². The lowest BCUT2D eigenvalue weighted by molar-refractivity contribution is -0.655. The lowest BCUT2D eigenvalue weighted by Crippen LogP contribution is -2.84. The van der Waals surface area contributed by atoms with Crippen molar-refractivity contribution in [2.75, 3.05) is 13.1 Å². The van der Waals surface area contributed by atoms with Crippen LogP contribution in [0.25, 0.3) is 0 Å². The van der Waals surface area contributed by atoms with Crippen molar-refractivity contribution in [3.05, 3.63) is 15.3 Å². The second kappa shape index (κ2) is 22.4. The summed E-state index contributed by atoms with van der Waals surface area (Å²) >= 11 is 0. The Hall–Kier alpha value is -0.840. The molecule has 0 amide bonds. The summed E-state index contributed by atoms with van der Waals surface area (Å²) in [4.78, 5) is 8.25. The number of quaternary nitrogens is 1. The lowest BCUT2D eigenvalue weighted by atomic mass is 10.1. The van der Waals surface area contributed by atoms with Crippen LogP contribution in [0.2, 0.25) is 0 Å². The number of hydrogen-bond acceptors (Lipinski definition) is 3. The standard InChI is InChI=1S/C17H37N.NO3/c1-3-5-7-9-10-11-13-15-17-18-16-14-12-8-6-4-2;2-1(3)4/h18H,3-17H2,1-2H3;/q;-1/p+1. The average Bonchev–Trinajstić information content (AvgIpc) is 2.47. The number of nitrogens with zero attached hydrogens (tertiary/aromatic N) is 1. The van der Waals surface area contributed by atoms with Crippen LogP contribution in [-0.4, -0.2) is 18.2 Å². The van der Waals surface area contributed by atoms with Gasteiger partial charge in [0, 0.05) is 0 Å². The molecule has 0 aliphatic rings. The first kappa shape index (κ1) is 23.4. The molecule has 0 radical (unpaired) electrons. The number of hydrogen-bond donors (Lipinski definition) is 1. The molecule has 0 atom stereocenters. The van der Waals surface area contributed by atoms with Gasteiger partial charge in [-0.25, -0.2) is 0 Å². The van der Waals surface area contributed by atoms with Gasteiger partial charge in [-0.2, -0.15) is 0 Å². The van der Waals surface area contributed by atoms with Gasteiger partial charge in [0.05, 0.1) is 18.2 Å². The molecule has 0 aromatic carbocycles. The Balaban J connectivity index is 0. The zero-order valence-corrected chi connectivity index (χ0v) is 14.9. The summed E-state index contributed by atoms with van der Waals surface area (Å²) in [6.07, 6.45) is 18.7. The predicted octanol–water partition coefficient (Wildman–Crippen LogP) is 4.42. The minimum Gasteiger partial charge on any atom is -0.356 e. The molecule has 0 spiro atoms. The Kier molecular flexibility index (Phi) is 23.9. The Bertz CT molecular complexity index is 194. The maximum Gasteiger partial charge on any atom is 0.0755 e. The van der Waals surface area contributed by atoms with Gasteiger partial charge in [-0.15, -0.1) is 0 Å². The van der Waals surface area contributed by atoms with Crippen LogP contribution in [-0.2, 0) is 0 Å². The zero-order valence-electron chi connectivity index (χ0n) is 14.9. The molecule has 0 rings (SSSR count). The van der Waals surface area contributed by atoms with E-state index in [4.69, 9.17) is 15.3 Å². The van der Waals surface area contributed by atoms with Crippen molar-refractivity contribution in [3.8, 4) is 0 Å². The van der Waals surface area contributed by atoms with E-state index in [9.17, 15) is 0 Å². The SMILES string of the molecule is CCCCCCCCCC[NH2+]CCCCCCC.O=[N+]([O-])[O-]. The zero-order chi connectivity index (χ0) is 16.9. The predicted molar refractivity (Wildman–Crippen MR) is 93.4 cm³/mol. The molecule has 0 fully saturated rings. The molecule has 2 N–H and O–H groups in total. The normalized spacial score (nSPS) is 10.1. The van der Waals surface area contributed by atoms with Crippen molar-refractivity contribution >= 4 is 0 Å². The molecule has 22 heavy (non-hydrogen) atoms. The van der Waals surface area contributed by atoms with E-state index < -0.39 is 5.09 Å². The van der Waals surface area contributed by atoms with E-state index in [-0.39, 0.29) is 0 Å². The molecule has 0 saturated heterocycles. The quantitative estimate of drug-likeness (QED) is 0.275.